The van der Waals surface area contributed by atoms with Crippen LogP contribution in [0.25, 0.3) is 5.76 Å². The minimum Gasteiger partial charge on any atom is -0.507 e. The highest BCUT2D eigenvalue weighted by molar-refractivity contribution is 6.46. The Morgan fingerprint density at radius 2 is 1.83 bits per heavy atom. The van der Waals surface area contributed by atoms with Crippen molar-refractivity contribution in [1.29, 1.82) is 0 Å². The standard InChI is InChI=1S/C27H33N3O5/c1-5-17-35-21-10-9-20(18-22(21)34-8-4)24-23(25(31)19-11-13-28-14-12-19)26(32)27(33)30(24)16-15-29(6-2)7-3/h5,9-14,18,24,31H,1,6-8,15-17H2,2-4H3/b25-23+. The van der Waals surface area contributed by atoms with Crippen molar-refractivity contribution in [3.05, 3.63) is 72.1 Å². The Morgan fingerprint density at radius 1 is 1.11 bits per heavy atom. The van der Waals surface area contributed by atoms with E-state index in [0.717, 1.165) is 13.1 Å². The SMILES string of the molecule is C=CCOc1ccc(C2/C(=C(\O)c3ccncc3)C(=O)C(=O)N2CCN(CC)CC)cc1OCC. The maximum absolute atomic E-state index is 13.2. The zero-order valence-electron chi connectivity index (χ0n) is 20.6. The zero-order valence-corrected chi connectivity index (χ0v) is 20.6. The third-order valence-electron chi connectivity index (χ3n) is 5.99. The first-order chi connectivity index (χ1) is 17.0. The highest BCUT2D eigenvalue weighted by Crippen LogP contribution is 2.42. The summed E-state index contributed by atoms with van der Waals surface area (Å²) in [5.41, 5.74) is 1.11. The normalized spacial score (nSPS) is 17.1. The summed E-state index contributed by atoms with van der Waals surface area (Å²) in [5, 5.41) is 11.1. The molecule has 1 atom stereocenters. The lowest BCUT2D eigenvalue weighted by atomic mass is 9.95. The third kappa shape index (κ3) is 5.71. The number of benzene rings is 1. The van der Waals surface area contributed by atoms with Gasteiger partial charge >= 0.3 is 0 Å². The van der Waals surface area contributed by atoms with Crippen molar-refractivity contribution >= 4 is 17.4 Å². The topological polar surface area (TPSA) is 92.2 Å². The molecule has 1 aliphatic heterocycles. The molecule has 186 valence electrons. The molecule has 35 heavy (non-hydrogen) atoms. The number of ether oxygens (including phenoxy) is 2. The minimum absolute atomic E-state index is 0.0444. The van der Waals surface area contributed by atoms with E-state index in [2.05, 4.69) is 30.3 Å². The molecule has 1 aromatic heterocycles. The van der Waals surface area contributed by atoms with E-state index in [4.69, 9.17) is 9.47 Å². The number of aliphatic hydroxyl groups is 1. The third-order valence-corrected chi connectivity index (χ3v) is 5.99. The van der Waals surface area contributed by atoms with Gasteiger partial charge in [-0.15, -0.1) is 0 Å². The molecule has 0 saturated carbocycles. The van der Waals surface area contributed by atoms with Crippen molar-refractivity contribution in [3.8, 4) is 11.5 Å². The fourth-order valence-electron chi connectivity index (χ4n) is 4.14. The molecule has 1 saturated heterocycles. The van der Waals surface area contributed by atoms with Gasteiger partial charge in [-0.1, -0.05) is 32.6 Å². The molecule has 1 aliphatic rings. The van der Waals surface area contributed by atoms with Gasteiger partial charge in [-0.25, -0.2) is 0 Å². The summed E-state index contributed by atoms with van der Waals surface area (Å²) in [6.45, 7) is 12.9. The molecule has 3 rings (SSSR count). The maximum Gasteiger partial charge on any atom is 0.295 e. The number of nitrogens with zero attached hydrogens (tertiary/aromatic N) is 3. The van der Waals surface area contributed by atoms with Crippen LogP contribution in [-0.4, -0.2) is 71.0 Å². The number of rotatable bonds is 12. The number of likely N-dealkylation sites (tertiary alicyclic amines) is 1. The van der Waals surface area contributed by atoms with Gasteiger partial charge in [0.2, 0.25) is 0 Å². The van der Waals surface area contributed by atoms with Crippen LogP contribution >= 0.6 is 0 Å². The molecule has 1 unspecified atom stereocenters. The van der Waals surface area contributed by atoms with Gasteiger partial charge in [-0.3, -0.25) is 14.6 Å². The van der Waals surface area contributed by atoms with Gasteiger partial charge in [0.05, 0.1) is 18.2 Å². The number of aromatic nitrogens is 1. The van der Waals surface area contributed by atoms with Crippen LogP contribution in [0.3, 0.4) is 0 Å². The molecular weight excluding hydrogens is 446 g/mol. The lowest BCUT2D eigenvalue weighted by Crippen LogP contribution is -2.38. The van der Waals surface area contributed by atoms with Crippen molar-refractivity contribution in [2.45, 2.75) is 26.8 Å². The van der Waals surface area contributed by atoms with Crippen molar-refractivity contribution < 1.29 is 24.2 Å². The molecule has 1 N–H and O–H groups in total. The molecule has 2 aromatic rings. The zero-order chi connectivity index (χ0) is 25.4. The van der Waals surface area contributed by atoms with E-state index < -0.39 is 17.7 Å². The van der Waals surface area contributed by atoms with E-state index in [1.54, 1.807) is 36.4 Å². The molecule has 1 fully saturated rings. The van der Waals surface area contributed by atoms with Crippen LogP contribution in [0.2, 0.25) is 0 Å². The molecule has 1 aromatic carbocycles. The number of hydrogen-bond acceptors (Lipinski definition) is 7. The van der Waals surface area contributed by atoms with Crippen LogP contribution < -0.4 is 9.47 Å². The summed E-state index contributed by atoms with van der Waals surface area (Å²) in [5.74, 6) is -0.558. The Kier molecular flexibility index (Phi) is 9.03. The van der Waals surface area contributed by atoms with Gasteiger partial charge in [0.1, 0.15) is 12.4 Å². The van der Waals surface area contributed by atoms with Crippen LogP contribution in [0.5, 0.6) is 11.5 Å². The van der Waals surface area contributed by atoms with Crippen LogP contribution in [0.4, 0.5) is 0 Å². The first-order valence-corrected chi connectivity index (χ1v) is 11.9. The van der Waals surface area contributed by atoms with Gasteiger partial charge in [-0.2, -0.15) is 0 Å². The second-order valence-electron chi connectivity index (χ2n) is 7.99. The monoisotopic (exact) mass is 479 g/mol. The average molecular weight is 480 g/mol. The molecule has 0 bridgehead atoms. The fraction of sp³-hybridized carbons (Fsp3) is 0.370. The first-order valence-electron chi connectivity index (χ1n) is 11.9. The van der Waals surface area contributed by atoms with Gasteiger partial charge < -0.3 is 24.4 Å². The summed E-state index contributed by atoms with van der Waals surface area (Å²) in [6, 6.07) is 7.75. The summed E-state index contributed by atoms with van der Waals surface area (Å²) in [7, 11) is 0. The average Bonchev–Trinajstić information content (AvgIpc) is 3.13. The van der Waals surface area contributed by atoms with Crippen molar-refractivity contribution in [2.75, 3.05) is 39.4 Å². The number of hydrogen-bond donors (Lipinski definition) is 1. The predicted molar refractivity (Wildman–Crippen MR) is 134 cm³/mol. The predicted octanol–water partition coefficient (Wildman–Crippen LogP) is 3.81. The molecule has 8 nitrogen and oxygen atoms in total. The summed E-state index contributed by atoms with van der Waals surface area (Å²) in [4.78, 5) is 34.1. The number of ketones is 1. The summed E-state index contributed by atoms with van der Waals surface area (Å²) >= 11 is 0. The number of carbonyl (C=O) groups is 2. The second kappa shape index (κ2) is 12.2. The summed E-state index contributed by atoms with van der Waals surface area (Å²) < 4.78 is 11.5. The quantitative estimate of drug-likeness (QED) is 0.214. The van der Waals surface area contributed by atoms with Gasteiger partial charge in [0, 0.05) is 31.0 Å². The molecule has 2 heterocycles. The number of Topliss-reactive ketones (excluding diaryl/α,β-unsaturated/α-hetero) is 1. The molecule has 0 aliphatic carbocycles. The fourth-order valence-corrected chi connectivity index (χ4v) is 4.14. The van der Waals surface area contributed by atoms with E-state index in [9.17, 15) is 14.7 Å². The Balaban J connectivity index is 2.13. The molecule has 8 heteroatoms. The van der Waals surface area contributed by atoms with Crippen molar-refractivity contribution in [1.82, 2.24) is 14.8 Å². The van der Waals surface area contributed by atoms with E-state index in [-0.39, 0.29) is 11.3 Å². The molecular formula is C27H33N3O5. The van der Waals surface area contributed by atoms with Crippen molar-refractivity contribution in [3.63, 3.8) is 0 Å². The van der Waals surface area contributed by atoms with Gasteiger partial charge in [0.15, 0.2) is 11.5 Å². The minimum atomic E-state index is -0.772. The lowest BCUT2D eigenvalue weighted by Gasteiger charge is -2.28. The van der Waals surface area contributed by atoms with Crippen LogP contribution in [0.1, 0.15) is 37.9 Å². The van der Waals surface area contributed by atoms with Crippen LogP contribution in [0, 0.1) is 0 Å². The number of carbonyl (C=O) groups excluding carboxylic acids is 2. The smallest absolute Gasteiger partial charge is 0.295 e. The lowest BCUT2D eigenvalue weighted by molar-refractivity contribution is -0.140. The van der Waals surface area contributed by atoms with Gasteiger partial charge in [0.25, 0.3) is 11.7 Å². The second-order valence-corrected chi connectivity index (χ2v) is 7.99. The van der Waals surface area contributed by atoms with Crippen LogP contribution in [0.15, 0.2) is 61.0 Å². The maximum atomic E-state index is 13.2. The first kappa shape index (κ1) is 26.0. The summed E-state index contributed by atoms with van der Waals surface area (Å²) in [6.07, 6.45) is 4.69. The van der Waals surface area contributed by atoms with E-state index in [1.165, 1.54) is 17.3 Å². The molecule has 1 amide bonds. The van der Waals surface area contributed by atoms with E-state index in [0.29, 0.717) is 48.9 Å². The number of aliphatic hydroxyl groups excluding tert-OH is 1. The Morgan fingerprint density at radius 3 is 2.46 bits per heavy atom. The number of likely N-dealkylation sites (N-methyl/N-ethyl adjacent to an activating group) is 1. The van der Waals surface area contributed by atoms with Gasteiger partial charge in [-0.05, 0) is 49.8 Å². The van der Waals surface area contributed by atoms with Crippen molar-refractivity contribution in [2.24, 2.45) is 0 Å². The Hall–Kier alpha value is -3.65. The largest absolute Gasteiger partial charge is 0.507 e. The molecule has 0 radical (unpaired) electrons. The Labute approximate surface area is 206 Å². The number of pyridine rings is 1. The van der Waals surface area contributed by atoms with Crippen LogP contribution in [-0.2, 0) is 9.59 Å². The molecule has 0 spiro atoms. The van der Waals surface area contributed by atoms with E-state index in [1.807, 2.05) is 6.92 Å². The highest BCUT2D eigenvalue weighted by atomic mass is 16.5. The van der Waals surface area contributed by atoms with E-state index >= 15 is 0 Å². The number of amides is 1. The Bertz CT molecular complexity index is 1080. The highest BCUT2D eigenvalue weighted by Gasteiger charge is 2.46.